The molecule has 7 nitrogen and oxygen atoms in total. The summed E-state index contributed by atoms with van der Waals surface area (Å²) in [6.07, 6.45) is 0. The van der Waals surface area contributed by atoms with Crippen LogP contribution < -0.4 is 0 Å². The molecule has 122 valence electrons. The lowest BCUT2D eigenvalue weighted by Gasteiger charge is -2.42. The number of thioether (sulfide) groups is 1. The van der Waals surface area contributed by atoms with E-state index in [4.69, 9.17) is 0 Å². The largest absolute Gasteiger partial charge is 0.333 e. The second-order valence-corrected chi connectivity index (χ2v) is 6.64. The maximum atomic E-state index is 12.5. The van der Waals surface area contributed by atoms with Crippen molar-refractivity contribution < 1.29 is 14.4 Å². The second-order valence-electron chi connectivity index (χ2n) is 5.72. The quantitative estimate of drug-likeness (QED) is 0.915. The van der Waals surface area contributed by atoms with Crippen molar-refractivity contribution in [3.63, 3.8) is 0 Å². The van der Waals surface area contributed by atoms with Crippen molar-refractivity contribution in [2.45, 2.75) is 6.04 Å². The van der Waals surface area contributed by atoms with Crippen molar-refractivity contribution in [1.29, 1.82) is 0 Å². The number of nitrogens with one attached hydrogen (secondary N) is 1. The Balaban J connectivity index is 1.42. The highest BCUT2D eigenvalue weighted by Crippen LogP contribution is 2.27. The molecule has 4 rings (SSSR count). The van der Waals surface area contributed by atoms with Gasteiger partial charge in [0.15, 0.2) is 0 Å². The second kappa shape index (κ2) is 5.79. The predicted octanol–water partition coefficient (Wildman–Crippen LogP) is 1.60. The summed E-state index contributed by atoms with van der Waals surface area (Å²) < 4.78 is 0. The molecule has 24 heavy (non-hydrogen) atoms. The summed E-state index contributed by atoms with van der Waals surface area (Å²) in [6.45, 7) is 0.743. The van der Waals surface area contributed by atoms with Crippen molar-refractivity contribution >= 4 is 28.8 Å². The monoisotopic (exact) mass is 342 g/mol. The van der Waals surface area contributed by atoms with E-state index in [-0.39, 0.29) is 28.8 Å². The summed E-state index contributed by atoms with van der Waals surface area (Å²) in [6, 6.07) is 11.1. The molecule has 1 aromatic heterocycles. The van der Waals surface area contributed by atoms with Crippen LogP contribution in [0.25, 0.3) is 11.3 Å². The van der Waals surface area contributed by atoms with Crippen LogP contribution in [0, 0.1) is 0 Å². The SMILES string of the molecule is O=C(c1cc(-c2ccccc2)n[nH]1)N1CC(N2C(=O)CSC2=O)C1. The number of hydrogen-bond donors (Lipinski definition) is 1. The van der Waals surface area contributed by atoms with Crippen molar-refractivity contribution in [3.05, 3.63) is 42.1 Å². The van der Waals surface area contributed by atoms with Gasteiger partial charge in [-0.1, -0.05) is 42.1 Å². The third-order valence-electron chi connectivity index (χ3n) is 4.18. The highest BCUT2D eigenvalue weighted by Gasteiger charge is 2.43. The van der Waals surface area contributed by atoms with Crippen molar-refractivity contribution in [3.8, 4) is 11.3 Å². The summed E-state index contributed by atoms with van der Waals surface area (Å²) in [4.78, 5) is 38.7. The molecular formula is C16H14N4O3S. The smallest absolute Gasteiger partial charge is 0.289 e. The Bertz CT molecular complexity index is 798. The Morgan fingerprint density at radius 1 is 1.21 bits per heavy atom. The fourth-order valence-electron chi connectivity index (χ4n) is 2.86. The van der Waals surface area contributed by atoms with Crippen LogP contribution in [0.4, 0.5) is 4.79 Å². The first kappa shape index (κ1) is 14.9. The number of carbonyl (C=O) groups excluding carboxylic acids is 3. The van der Waals surface area contributed by atoms with Gasteiger partial charge < -0.3 is 4.90 Å². The molecule has 1 aromatic carbocycles. The van der Waals surface area contributed by atoms with E-state index < -0.39 is 0 Å². The van der Waals surface area contributed by atoms with Gasteiger partial charge in [-0.25, -0.2) is 0 Å². The zero-order valence-corrected chi connectivity index (χ0v) is 13.5. The lowest BCUT2D eigenvalue weighted by atomic mass is 10.1. The minimum absolute atomic E-state index is 0.171. The van der Waals surface area contributed by atoms with Gasteiger partial charge in [-0.3, -0.25) is 24.4 Å². The average Bonchev–Trinajstić information content (AvgIpc) is 3.16. The number of likely N-dealkylation sites (tertiary alicyclic amines) is 1. The molecule has 0 radical (unpaired) electrons. The number of carbonyl (C=O) groups is 3. The molecule has 2 fully saturated rings. The van der Waals surface area contributed by atoms with Gasteiger partial charge in [-0.15, -0.1) is 0 Å². The summed E-state index contributed by atoms with van der Waals surface area (Å²) in [5, 5.41) is 6.72. The zero-order chi connectivity index (χ0) is 16.7. The van der Waals surface area contributed by atoms with Crippen molar-refractivity contribution in [2.75, 3.05) is 18.8 Å². The molecule has 8 heteroatoms. The van der Waals surface area contributed by atoms with Gasteiger partial charge in [0.25, 0.3) is 11.1 Å². The van der Waals surface area contributed by atoms with E-state index >= 15 is 0 Å². The molecule has 3 amide bonds. The van der Waals surface area contributed by atoms with E-state index in [0.717, 1.165) is 17.3 Å². The molecule has 0 spiro atoms. The summed E-state index contributed by atoms with van der Waals surface area (Å²) in [5.74, 6) is -0.146. The highest BCUT2D eigenvalue weighted by molar-refractivity contribution is 8.14. The number of imide groups is 1. The Kier molecular flexibility index (Phi) is 3.61. The molecule has 2 saturated heterocycles. The van der Waals surface area contributed by atoms with Gasteiger partial charge in [0, 0.05) is 18.7 Å². The molecule has 0 unspecified atom stereocenters. The normalized spacial score (nSPS) is 18.2. The van der Waals surface area contributed by atoms with Crippen LogP contribution in [0.3, 0.4) is 0 Å². The summed E-state index contributed by atoms with van der Waals surface area (Å²) >= 11 is 1.02. The van der Waals surface area contributed by atoms with Crippen LogP contribution in [-0.4, -0.2) is 61.9 Å². The Hall–Kier alpha value is -2.61. The molecule has 1 N–H and O–H groups in total. The van der Waals surface area contributed by atoms with E-state index in [1.54, 1.807) is 11.0 Å². The number of aromatic nitrogens is 2. The number of H-pyrrole nitrogens is 1. The van der Waals surface area contributed by atoms with E-state index in [0.29, 0.717) is 24.5 Å². The fourth-order valence-corrected chi connectivity index (χ4v) is 3.64. The zero-order valence-electron chi connectivity index (χ0n) is 12.6. The highest BCUT2D eigenvalue weighted by atomic mass is 32.2. The Labute approximate surface area is 142 Å². The van der Waals surface area contributed by atoms with Crippen LogP contribution in [0.15, 0.2) is 36.4 Å². The molecule has 2 aromatic rings. The minimum atomic E-state index is -0.218. The first-order valence-electron chi connectivity index (χ1n) is 7.52. The summed E-state index contributed by atoms with van der Waals surface area (Å²) in [5.41, 5.74) is 2.04. The molecule has 0 saturated carbocycles. The van der Waals surface area contributed by atoms with Gasteiger partial charge in [0.2, 0.25) is 5.91 Å². The number of rotatable bonds is 3. The van der Waals surface area contributed by atoms with Crippen LogP contribution >= 0.6 is 11.8 Å². The fraction of sp³-hybridized carbons (Fsp3) is 0.250. The van der Waals surface area contributed by atoms with E-state index in [1.807, 2.05) is 30.3 Å². The predicted molar refractivity (Wildman–Crippen MR) is 88.4 cm³/mol. The van der Waals surface area contributed by atoms with E-state index in [2.05, 4.69) is 10.2 Å². The molecule has 2 aliphatic heterocycles. The third-order valence-corrected chi connectivity index (χ3v) is 5.01. The first-order valence-corrected chi connectivity index (χ1v) is 8.51. The minimum Gasteiger partial charge on any atom is -0.333 e. The molecule has 0 bridgehead atoms. The molecular weight excluding hydrogens is 328 g/mol. The molecule has 3 heterocycles. The Morgan fingerprint density at radius 3 is 2.62 bits per heavy atom. The van der Waals surface area contributed by atoms with E-state index in [9.17, 15) is 14.4 Å². The lowest BCUT2D eigenvalue weighted by molar-refractivity contribution is -0.128. The maximum absolute atomic E-state index is 12.5. The maximum Gasteiger partial charge on any atom is 0.289 e. The number of amides is 3. The molecule has 0 atom stereocenters. The van der Waals surface area contributed by atoms with Crippen LogP contribution in [0.5, 0.6) is 0 Å². The first-order chi connectivity index (χ1) is 11.6. The van der Waals surface area contributed by atoms with Crippen molar-refractivity contribution in [2.24, 2.45) is 0 Å². The van der Waals surface area contributed by atoms with Crippen LogP contribution in [0.2, 0.25) is 0 Å². The summed E-state index contributed by atoms with van der Waals surface area (Å²) in [7, 11) is 0. The third kappa shape index (κ3) is 2.48. The van der Waals surface area contributed by atoms with Gasteiger partial charge in [-0.05, 0) is 6.07 Å². The number of nitrogens with zero attached hydrogens (tertiary/aromatic N) is 3. The van der Waals surface area contributed by atoms with Gasteiger partial charge in [0.05, 0.1) is 17.5 Å². The van der Waals surface area contributed by atoms with Crippen molar-refractivity contribution in [1.82, 2.24) is 20.0 Å². The topological polar surface area (TPSA) is 86.4 Å². The molecule has 2 aliphatic rings. The standard InChI is InChI=1S/C16H14N4O3S/c21-14-9-24-16(23)20(14)11-7-19(8-11)15(22)13-6-12(17-18-13)10-4-2-1-3-5-10/h1-6,11H,7-9H2,(H,17,18). The van der Waals surface area contributed by atoms with Gasteiger partial charge in [-0.2, -0.15) is 5.10 Å². The number of aromatic amines is 1. The van der Waals surface area contributed by atoms with Gasteiger partial charge >= 0.3 is 0 Å². The van der Waals surface area contributed by atoms with Crippen LogP contribution in [-0.2, 0) is 4.79 Å². The number of benzene rings is 1. The Morgan fingerprint density at radius 2 is 1.96 bits per heavy atom. The van der Waals surface area contributed by atoms with Gasteiger partial charge in [0.1, 0.15) is 5.69 Å². The molecule has 0 aliphatic carbocycles. The van der Waals surface area contributed by atoms with E-state index in [1.165, 1.54) is 4.90 Å². The number of hydrogen-bond acceptors (Lipinski definition) is 5. The average molecular weight is 342 g/mol. The lowest BCUT2D eigenvalue weighted by Crippen LogP contribution is -2.62. The van der Waals surface area contributed by atoms with Crippen LogP contribution in [0.1, 0.15) is 10.5 Å².